The lowest BCUT2D eigenvalue weighted by molar-refractivity contribution is -0.274. The number of pyridine rings is 1. The van der Waals surface area contributed by atoms with E-state index in [4.69, 9.17) is 0 Å². The second-order valence-corrected chi connectivity index (χ2v) is 5.02. The van der Waals surface area contributed by atoms with Gasteiger partial charge in [0, 0.05) is 28.0 Å². The van der Waals surface area contributed by atoms with Crippen molar-refractivity contribution in [1.29, 1.82) is 0 Å². The van der Waals surface area contributed by atoms with Gasteiger partial charge in [0.15, 0.2) is 0 Å². The Kier molecular flexibility index (Phi) is 5.32. The van der Waals surface area contributed by atoms with Gasteiger partial charge in [-0.2, -0.15) is 5.10 Å². The van der Waals surface area contributed by atoms with Crippen LogP contribution in [0.5, 0.6) is 5.75 Å². The Labute approximate surface area is 137 Å². The van der Waals surface area contributed by atoms with Gasteiger partial charge in [0.1, 0.15) is 5.75 Å². The summed E-state index contributed by atoms with van der Waals surface area (Å²) in [6.45, 7) is 0. The van der Waals surface area contributed by atoms with Gasteiger partial charge < -0.3 is 4.74 Å². The van der Waals surface area contributed by atoms with Crippen LogP contribution < -0.4 is 10.2 Å². The summed E-state index contributed by atoms with van der Waals surface area (Å²) in [7, 11) is 0. The first kappa shape index (κ1) is 16.9. The van der Waals surface area contributed by atoms with Crippen molar-refractivity contribution < 1.29 is 22.7 Å². The number of hydrogen-bond donors (Lipinski definition) is 1. The molecule has 0 unspecified atom stereocenters. The Morgan fingerprint density at radius 2 is 1.96 bits per heavy atom. The van der Waals surface area contributed by atoms with E-state index in [1.165, 1.54) is 36.8 Å². The van der Waals surface area contributed by atoms with Crippen molar-refractivity contribution in [3.63, 3.8) is 0 Å². The summed E-state index contributed by atoms with van der Waals surface area (Å²) < 4.78 is 40.9. The number of alkyl halides is 3. The number of hydrogen-bond acceptors (Lipinski definition) is 4. The van der Waals surface area contributed by atoms with Crippen molar-refractivity contribution in [3.8, 4) is 5.75 Å². The van der Waals surface area contributed by atoms with E-state index in [0.29, 0.717) is 15.6 Å². The molecular weight excluding hydrogens is 379 g/mol. The van der Waals surface area contributed by atoms with Crippen LogP contribution in [-0.4, -0.2) is 23.5 Å². The molecule has 0 fully saturated rings. The van der Waals surface area contributed by atoms with Crippen LogP contribution in [-0.2, 0) is 0 Å². The molecule has 0 radical (unpaired) electrons. The normalized spacial score (nSPS) is 11.5. The summed E-state index contributed by atoms with van der Waals surface area (Å²) in [5, 5.41) is 3.70. The van der Waals surface area contributed by atoms with Gasteiger partial charge in [-0.1, -0.05) is 15.9 Å². The number of aromatic nitrogens is 1. The highest BCUT2D eigenvalue weighted by Gasteiger charge is 2.31. The molecule has 0 saturated heterocycles. The Hall–Kier alpha value is -2.42. The minimum Gasteiger partial charge on any atom is -0.406 e. The zero-order valence-electron chi connectivity index (χ0n) is 11.3. The maximum atomic E-state index is 12.2. The van der Waals surface area contributed by atoms with Gasteiger partial charge in [-0.05, 0) is 30.3 Å². The fourth-order valence-corrected chi connectivity index (χ4v) is 1.90. The predicted octanol–water partition coefficient (Wildman–Crippen LogP) is 3.51. The highest BCUT2D eigenvalue weighted by Crippen LogP contribution is 2.26. The first-order valence-electron chi connectivity index (χ1n) is 6.14. The van der Waals surface area contributed by atoms with Crippen molar-refractivity contribution in [2.45, 2.75) is 6.36 Å². The van der Waals surface area contributed by atoms with Crippen LogP contribution in [0.25, 0.3) is 0 Å². The Morgan fingerprint density at radius 3 is 2.61 bits per heavy atom. The molecule has 0 spiro atoms. The maximum absolute atomic E-state index is 12.2. The average molecular weight is 388 g/mol. The average Bonchev–Trinajstić information content (AvgIpc) is 2.49. The zero-order chi connectivity index (χ0) is 16.9. The van der Waals surface area contributed by atoms with E-state index in [2.05, 4.69) is 36.2 Å². The Bertz CT molecular complexity index is 721. The smallest absolute Gasteiger partial charge is 0.406 e. The van der Waals surface area contributed by atoms with Crippen LogP contribution in [0.15, 0.2) is 52.3 Å². The minimum absolute atomic E-state index is 0.307. The summed E-state index contributed by atoms with van der Waals surface area (Å²) >= 11 is 3.17. The molecule has 0 aliphatic carbocycles. The van der Waals surface area contributed by atoms with E-state index in [1.54, 1.807) is 0 Å². The van der Waals surface area contributed by atoms with Crippen LogP contribution in [0.1, 0.15) is 15.9 Å². The van der Waals surface area contributed by atoms with Crippen LogP contribution in [0.2, 0.25) is 0 Å². The molecule has 1 amide bonds. The number of nitrogens with zero attached hydrogens (tertiary/aromatic N) is 2. The second kappa shape index (κ2) is 7.23. The fourth-order valence-electron chi connectivity index (χ4n) is 1.55. The number of halogens is 4. The molecule has 1 aromatic carbocycles. The topological polar surface area (TPSA) is 63.6 Å². The van der Waals surface area contributed by atoms with Gasteiger partial charge in [-0.25, -0.2) is 5.43 Å². The summed E-state index contributed by atoms with van der Waals surface area (Å²) in [6.07, 6.45) is -0.676. The number of hydrazone groups is 1. The van der Waals surface area contributed by atoms with Crippen molar-refractivity contribution >= 4 is 28.1 Å². The third-order valence-corrected chi connectivity index (χ3v) is 3.24. The monoisotopic (exact) mass is 387 g/mol. The molecule has 5 nitrogen and oxygen atoms in total. The molecule has 0 atom stereocenters. The number of rotatable bonds is 4. The number of nitrogens with one attached hydrogen (secondary N) is 1. The third-order valence-electron chi connectivity index (χ3n) is 2.51. The van der Waals surface area contributed by atoms with Crippen molar-refractivity contribution in [2.75, 3.05) is 0 Å². The first-order valence-corrected chi connectivity index (χ1v) is 6.93. The summed E-state index contributed by atoms with van der Waals surface area (Å²) in [5.41, 5.74) is 2.92. The summed E-state index contributed by atoms with van der Waals surface area (Å²) in [4.78, 5) is 15.5. The van der Waals surface area contributed by atoms with Crippen LogP contribution in [0.3, 0.4) is 0 Å². The lowest BCUT2D eigenvalue weighted by atomic mass is 10.2. The molecule has 2 aromatic rings. The van der Waals surface area contributed by atoms with Gasteiger partial charge in [0.25, 0.3) is 5.91 Å². The second-order valence-electron chi connectivity index (χ2n) is 4.17. The molecule has 1 heterocycles. The van der Waals surface area contributed by atoms with E-state index in [-0.39, 0.29) is 5.75 Å². The molecule has 120 valence electrons. The van der Waals surface area contributed by atoms with Crippen LogP contribution in [0.4, 0.5) is 13.2 Å². The molecule has 23 heavy (non-hydrogen) atoms. The zero-order valence-corrected chi connectivity index (χ0v) is 12.9. The standard InChI is InChI=1S/C14H9BrF3N3O2/c15-12-2-1-11(23-14(16,17)18)7-10(12)8-20-21-13(22)9-3-5-19-6-4-9/h1-8H,(H,21,22)/b20-8+. The highest BCUT2D eigenvalue weighted by atomic mass is 79.9. The van der Waals surface area contributed by atoms with Crippen molar-refractivity contribution in [2.24, 2.45) is 5.10 Å². The highest BCUT2D eigenvalue weighted by molar-refractivity contribution is 9.10. The number of amides is 1. The van der Waals surface area contributed by atoms with Crippen molar-refractivity contribution in [3.05, 3.63) is 58.3 Å². The quantitative estimate of drug-likeness (QED) is 0.644. The number of benzene rings is 1. The lowest BCUT2D eigenvalue weighted by Gasteiger charge is -2.09. The van der Waals surface area contributed by atoms with E-state index < -0.39 is 12.3 Å². The Balaban J connectivity index is 2.07. The molecular formula is C14H9BrF3N3O2. The van der Waals surface area contributed by atoms with Gasteiger partial charge in [-0.3, -0.25) is 9.78 Å². The molecule has 1 N–H and O–H groups in total. The predicted molar refractivity (Wildman–Crippen MR) is 80.1 cm³/mol. The molecule has 1 aromatic heterocycles. The number of ether oxygens (including phenoxy) is 1. The summed E-state index contributed by atoms with van der Waals surface area (Å²) in [6, 6.07) is 6.67. The molecule has 0 aliphatic rings. The first-order chi connectivity index (χ1) is 10.8. The van der Waals surface area contributed by atoms with E-state index in [0.717, 1.165) is 12.1 Å². The van der Waals surface area contributed by atoms with E-state index in [9.17, 15) is 18.0 Å². The van der Waals surface area contributed by atoms with Crippen LogP contribution >= 0.6 is 15.9 Å². The van der Waals surface area contributed by atoms with Gasteiger partial charge in [0.2, 0.25) is 0 Å². The van der Waals surface area contributed by atoms with E-state index >= 15 is 0 Å². The maximum Gasteiger partial charge on any atom is 0.573 e. The molecule has 2 rings (SSSR count). The lowest BCUT2D eigenvalue weighted by Crippen LogP contribution is -2.18. The van der Waals surface area contributed by atoms with E-state index in [1.807, 2.05) is 0 Å². The third kappa shape index (κ3) is 5.37. The van der Waals surface area contributed by atoms with Gasteiger partial charge in [-0.15, -0.1) is 13.2 Å². The van der Waals surface area contributed by atoms with Crippen molar-refractivity contribution in [1.82, 2.24) is 10.4 Å². The van der Waals surface area contributed by atoms with Gasteiger partial charge in [0.05, 0.1) is 6.21 Å². The molecule has 0 aliphatic heterocycles. The Morgan fingerprint density at radius 1 is 1.26 bits per heavy atom. The molecule has 9 heteroatoms. The van der Waals surface area contributed by atoms with Crippen LogP contribution in [0, 0.1) is 0 Å². The van der Waals surface area contributed by atoms with Gasteiger partial charge >= 0.3 is 6.36 Å². The SMILES string of the molecule is O=C(N/N=C/c1cc(OC(F)(F)F)ccc1Br)c1ccncc1. The molecule has 0 saturated carbocycles. The molecule has 0 bridgehead atoms. The fraction of sp³-hybridized carbons (Fsp3) is 0.0714. The minimum atomic E-state index is -4.78. The number of carbonyl (C=O) groups is 1. The largest absolute Gasteiger partial charge is 0.573 e. The summed E-state index contributed by atoms with van der Waals surface area (Å²) in [5.74, 6) is -0.856. The number of carbonyl (C=O) groups excluding carboxylic acids is 1.